The predicted octanol–water partition coefficient (Wildman–Crippen LogP) is 1.67. The molecule has 2 unspecified atom stereocenters. The highest BCUT2D eigenvalue weighted by molar-refractivity contribution is 5.94. The highest BCUT2D eigenvalue weighted by Gasteiger charge is 2.30. The highest BCUT2D eigenvalue weighted by Crippen LogP contribution is 2.23. The van der Waals surface area contributed by atoms with Crippen molar-refractivity contribution in [2.75, 3.05) is 18.5 Å². The fourth-order valence-corrected chi connectivity index (χ4v) is 2.32. The van der Waals surface area contributed by atoms with Crippen molar-refractivity contribution in [3.63, 3.8) is 0 Å². The van der Waals surface area contributed by atoms with E-state index in [1.807, 2.05) is 32.0 Å². The first kappa shape index (κ1) is 14.6. The number of carbonyl (C=O) groups excluding carboxylic acids is 1. The summed E-state index contributed by atoms with van der Waals surface area (Å²) in [7, 11) is 0. The third-order valence-corrected chi connectivity index (χ3v) is 3.47. The lowest BCUT2D eigenvalue weighted by Gasteiger charge is -2.15. The monoisotopic (exact) mass is 272 g/mol. The molecule has 1 fully saturated rings. The first-order chi connectivity index (χ1) is 9.61. The topological polar surface area (TPSA) is 64.3 Å². The SMILES string of the molecule is Cc1ccc(NC(=O)C2CCOC2C)c(C#CCN)c1. The molecule has 1 saturated heterocycles. The minimum absolute atomic E-state index is 0.00495. The molecule has 2 atom stereocenters. The first-order valence-electron chi connectivity index (χ1n) is 6.84. The maximum absolute atomic E-state index is 12.3. The number of anilines is 1. The van der Waals surface area contributed by atoms with Crippen LogP contribution in [0.5, 0.6) is 0 Å². The van der Waals surface area contributed by atoms with Crippen LogP contribution >= 0.6 is 0 Å². The van der Waals surface area contributed by atoms with E-state index in [4.69, 9.17) is 10.5 Å². The lowest BCUT2D eigenvalue weighted by molar-refractivity contribution is -0.121. The van der Waals surface area contributed by atoms with Gasteiger partial charge in [-0.25, -0.2) is 0 Å². The molecule has 4 nitrogen and oxygen atoms in total. The molecule has 0 saturated carbocycles. The van der Waals surface area contributed by atoms with Gasteiger partial charge in [-0.3, -0.25) is 4.79 Å². The minimum Gasteiger partial charge on any atom is -0.378 e. The Kier molecular flexibility index (Phi) is 4.78. The van der Waals surface area contributed by atoms with Gasteiger partial charge in [0.25, 0.3) is 0 Å². The smallest absolute Gasteiger partial charge is 0.230 e. The molecule has 0 spiro atoms. The largest absolute Gasteiger partial charge is 0.378 e. The van der Waals surface area contributed by atoms with Crippen LogP contribution in [0.2, 0.25) is 0 Å². The van der Waals surface area contributed by atoms with Crippen molar-refractivity contribution in [2.24, 2.45) is 11.7 Å². The number of rotatable bonds is 2. The van der Waals surface area contributed by atoms with Crippen molar-refractivity contribution in [3.8, 4) is 11.8 Å². The Morgan fingerprint density at radius 2 is 2.35 bits per heavy atom. The Balaban J connectivity index is 2.18. The minimum atomic E-state index is -0.0911. The second-order valence-corrected chi connectivity index (χ2v) is 5.02. The van der Waals surface area contributed by atoms with Crippen molar-refractivity contribution in [1.29, 1.82) is 0 Å². The molecule has 106 valence electrons. The molecular weight excluding hydrogens is 252 g/mol. The predicted molar refractivity (Wildman–Crippen MR) is 79.3 cm³/mol. The number of nitrogens with two attached hydrogens (primary N) is 1. The second kappa shape index (κ2) is 6.56. The summed E-state index contributed by atoms with van der Waals surface area (Å²) in [5, 5.41) is 2.96. The molecule has 3 N–H and O–H groups in total. The molecule has 0 aliphatic carbocycles. The third kappa shape index (κ3) is 3.38. The number of benzene rings is 1. The van der Waals surface area contributed by atoms with Gasteiger partial charge in [0.05, 0.1) is 24.3 Å². The summed E-state index contributed by atoms with van der Waals surface area (Å²) in [6.07, 6.45) is 0.738. The van der Waals surface area contributed by atoms with Crippen LogP contribution in [0.3, 0.4) is 0 Å². The van der Waals surface area contributed by atoms with Gasteiger partial charge in [-0.2, -0.15) is 0 Å². The summed E-state index contributed by atoms with van der Waals surface area (Å²) < 4.78 is 5.43. The molecule has 1 amide bonds. The number of nitrogens with one attached hydrogen (secondary N) is 1. The van der Waals surface area contributed by atoms with Gasteiger partial charge in [0.2, 0.25) is 5.91 Å². The number of hydrogen-bond donors (Lipinski definition) is 2. The summed E-state index contributed by atoms with van der Waals surface area (Å²) in [6.45, 7) is 4.87. The molecule has 0 radical (unpaired) electrons. The summed E-state index contributed by atoms with van der Waals surface area (Å²) in [5.41, 5.74) is 8.04. The summed E-state index contributed by atoms with van der Waals surface area (Å²) in [5.74, 6) is 5.73. The average molecular weight is 272 g/mol. The number of hydrogen-bond acceptors (Lipinski definition) is 3. The van der Waals surface area contributed by atoms with E-state index in [0.717, 1.165) is 23.2 Å². The van der Waals surface area contributed by atoms with E-state index in [2.05, 4.69) is 17.2 Å². The third-order valence-electron chi connectivity index (χ3n) is 3.47. The normalized spacial score (nSPS) is 21.1. The Hall–Kier alpha value is -1.83. The van der Waals surface area contributed by atoms with E-state index in [1.54, 1.807) is 0 Å². The Morgan fingerprint density at radius 1 is 1.55 bits per heavy atom. The quantitative estimate of drug-likeness (QED) is 0.805. The van der Waals surface area contributed by atoms with E-state index in [-0.39, 0.29) is 17.9 Å². The maximum Gasteiger partial charge on any atom is 0.230 e. The van der Waals surface area contributed by atoms with Crippen LogP contribution in [0.4, 0.5) is 5.69 Å². The zero-order valence-corrected chi connectivity index (χ0v) is 11.9. The second-order valence-electron chi connectivity index (χ2n) is 5.02. The van der Waals surface area contributed by atoms with Crippen LogP contribution < -0.4 is 11.1 Å². The van der Waals surface area contributed by atoms with Gasteiger partial charge < -0.3 is 15.8 Å². The Labute approximate surface area is 119 Å². The van der Waals surface area contributed by atoms with E-state index in [0.29, 0.717) is 13.2 Å². The zero-order chi connectivity index (χ0) is 14.5. The molecule has 1 aliphatic rings. The van der Waals surface area contributed by atoms with Gasteiger partial charge in [-0.05, 0) is 38.0 Å². The van der Waals surface area contributed by atoms with Crippen LogP contribution in [0.1, 0.15) is 24.5 Å². The number of carbonyl (C=O) groups is 1. The molecule has 20 heavy (non-hydrogen) atoms. The van der Waals surface area contributed by atoms with E-state index in [9.17, 15) is 4.79 Å². The maximum atomic E-state index is 12.3. The fraction of sp³-hybridized carbons (Fsp3) is 0.438. The van der Waals surface area contributed by atoms with Gasteiger partial charge in [0, 0.05) is 12.2 Å². The van der Waals surface area contributed by atoms with Gasteiger partial charge in [0.1, 0.15) is 0 Å². The molecule has 1 aliphatic heterocycles. The van der Waals surface area contributed by atoms with Crippen molar-refractivity contribution >= 4 is 11.6 Å². The average Bonchev–Trinajstić information content (AvgIpc) is 2.85. The molecule has 4 heteroatoms. The number of aryl methyl sites for hydroxylation is 1. The molecule has 1 aromatic rings. The van der Waals surface area contributed by atoms with Gasteiger partial charge in [0.15, 0.2) is 0 Å². The standard InChI is InChI=1S/C16H20N2O2/c1-11-5-6-15(13(10-11)4-3-8-17)18-16(19)14-7-9-20-12(14)2/h5-6,10,12,14H,7-9,17H2,1-2H3,(H,18,19). The summed E-state index contributed by atoms with van der Waals surface area (Å²) in [4.78, 5) is 12.3. The summed E-state index contributed by atoms with van der Waals surface area (Å²) >= 11 is 0. The van der Waals surface area contributed by atoms with Crippen molar-refractivity contribution in [1.82, 2.24) is 0 Å². The van der Waals surface area contributed by atoms with Crippen molar-refractivity contribution in [2.45, 2.75) is 26.4 Å². The summed E-state index contributed by atoms with van der Waals surface area (Å²) in [6, 6.07) is 5.79. The number of amides is 1. The zero-order valence-electron chi connectivity index (χ0n) is 11.9. The van der Waals surface area contributed by atoms with Crippen LogP contribution in [-0.4, -0.2) is 25.2 Å². The lowest BCUT2D eigenvalue weighted by atomic mass is 10.0. The van der Waals surface area contributed by atoms with Crippen LogP contribution in [0, 0.1) is 24.7 Å². The molecular formula is C16H20N2O2. The molecule has 1 heterocycles. The fourth-order valence-electron chi connectivity index (χ4n) is 2.32. The van der Waals surface area contributed by atoms with Crippen molar-refractivity contribution < 1.29 is 9.53 Å². The lowest BCUT2D eigenvalue weighted by Crippen LogP contribution is -2.28. The molecule has 1 aromatic carbocycles. The molecule has 0 aromatic heterocycles. The Morgan fingerprint density at radius 3 is 3.00 bits per heavy atom. The van der Waals surface area contributed by atoms with Gasteiger partial charge in [-0.15, -0.1) is 0 Å². The highest BCUT2D eigenvalue weighted by atomic mass is 16.5. The van der Waals surface area contributed by atoms with Crippen molar-refractivity contribution in [3.05, 3.63) is 29.3 Å². The molecule has 2 rings (SSSR count). The molecule has 0 bridgehead atoms. The van der Waals surface area contributed by atoms with Gasteiger partial charge >= 0.3 is 0 Å². The van der Waals surface area contributed by atoms with Crippen LogP contribution in [-0.2, 0) is 9.53 Å². The Bertz CT molecular complexity index is 557. The van der Waals surface area contributed by atoms with E-state index in [1.165, 1.54) is 0 Å². The van der Waals surface area contributed by atoms with Crippen LogP contribution in [0.15, 0.2) is 18.2 Å². The van der Waals surface area contributed by atoms with Crippen LogP contribution in [0.25, 0.3) is 0 Å². The van der Waals surface area contributed by atoms with E-state index >= 15 is 0 Å². The first-order valence-corrected chi connectivity index (χ1v) is 6.84. The number of ether oxygens (including phenoxy) is 1. The van der Waals surface area contributed by atoms with Gasteiger partial charge in [-0.1, -0.05) is 17.9 Å². The van der Waals surface area contributed by atoms with E-state index < -0.39 is 0 Å².